The molecule has 0 aliphatic carbocycles. The third kappa shape index (κ3) is 3.73. The number of benzene rings is 1. The van der Waals surface area contributed by atoms with E-state index in [0.717, 1.165) is 0 Å². The van der Waals surface area contributed by atoms with E-state index in [4.69, 9.17) is 9.47 Å². The van der Waals surface area contributed by atoms with E-state index in [1.807, 2.05) is 4.90 Å². The molecule has 142 valence electrons. The second-order valence-electron chi connectivity index (χ2n) is 5.81. The second kappa shape index (κ2) is 7.85. The van der Waals surface area contributed by atoms with Crippen molar-refractivity contribution in [3.05, 3.63) is 46.3 Å². The lowest BCUT2D eigenvalue weighted by atomic mass is 10.1. The summed E-state index contributed by atoms with van der Waals surface area (Å²) in [5.41, 5.74) is -0.339. The number of carbonyl (C=O) groups is 1. The Labute approximate surface area is 155 Å². The van der Waals surface area contributed by atoms with E-state index in [-0.39, 0.29) is 22.7 Å². The van der Waals surface area contributed by atoms with Crippen LogP contribution in [-0.2, 0) is 0 Å². The molecular weight excluding hydrogens is 354 g/mol. The number of nitro benzene ring substituents is 1. The minimum absolute atomic E-state index is 0.0259. The maximum absolute atomic E-state index is 12.9. The first kappa shape index (κ1) is 18.4. The maximum Gasteiger partial charge on any atom is 0.286 e. The Balaban J connectivity index is 1.81. The Morgan fingerprint density at radius 1 is 1.07 bits per heavy atom. The van der Waals surface area contributed by atoms with Gasteiger partial charge in [0.25, 0.3) is 11.6 Å². The van der Waals surface area contributed by atoms with Crippen molar-refractivity contribution in [1.29, 1.82) is 0 Å². The van der Waals surface area contributed by atoms with Gasteiger partial charge in [-0.2, -0.15) is 0 Å². The molecule has 1 saturated heterocycles. The molecule has 0 saturated carbocycles. The zero-order valence-corrected chi connectivity index (χ0v) is 15.0. The zero-order chi connectivity index (χ0) is 19.4. The van der Waals surface area contributed by atoms with Gasteiger partial charge in [0, 0.05) is 44.6 Å². The number of aromatic nitrogens is 2. The molecule has 10 heteroatoms. The van der Waals surface area contributed by atoms with E-state index in [1.165, 1.54) is 26.4 Å². The highest BCUT2D eigenvalue weighted by molar-refractivity contribution is 5.99. The first-order valence-corrected chi connectivity index (χ1v) is 8.26. The molecule has 1 aromatic carbocycles. The molecule has 0 atom stereocenters. The molecule has 3 rings (SSSR count). The number of nitro groups is 1. The highest BCUT2D eigenvalue weighted by atomic mass is 16.6. The lowest BCUT2D eigenvalue weighted by Gasteiger charge is -2.34. The molecule has 0 N–H and O–H groups in total. The molecule has 2 heterocycles. The molecular formula is C17H19N5O5. The third-order valence-corrected chi connectivity index (χ3v) is 4.33. The number of hydrogen-bond donors (Lipinski definition) is 0. The summed E-state index contributed by atoms with van der Waals surface area (Å²) in [6.07, 6.45) is 3.32. The quantitative estimate of drug-likeness (QED) is 0.571. The van der Waals surface area contributed by atoms with Crippen LogP contribution in [0.4, 0.5) is 11.6 Å². The number of ether oxygens (including phenoxy) is 2. The first-order chi connectivity index (χ1) is 13.0. The Morgan fingerprint density at radius 3 is 2.22 bits per heavy atom. The van der Waals surface area contributed by atoms with Crippen LogP contribution in [0.15, 0.2) is 30.6 Å². The van der Waals surface area contributed by atoms with Crippen LogP contribution >= 0.6 is 0 Å². The van der Waals surface area contributed by atoms with Gasteiger partial charge in [0.05, 0.1) is 25.2 Å². The fourth-order valence-electron chi connectivity index (χ4n) is 2.93. The Morgan fingerprint density at radius 2 is 1.67 bits per heavy atom. The van der Waals surface area contributed by atoms with Crippen molar-refractivity contribution in [1.82, 2.24) is 14.9 Å². The molecule has 0 bridgehead atoms. The van der Waals surface area contributed by atoms with Gasteiger partial charge in [-0.25, -0.2) is 9.97 Å². The van der Waals surface area contributed by atoms with E-state index >= 15 is 0 Å². The second-order valence-corrected chi connectivity index (χ2v) is 5.81. The third-order valence-electron chi connectivity index (χ3n) is 4.33. The van der Waals surface area contributed by atoms with Gasteiger partial charge in [-0.1, -0.05) is 0 Å². The van der Waals surface area contributed by atoms with Crippen LogP contribution in [0.25, 0.3) is 0 Å². The molecule has 0 unspecified atom stereocenters. The van der Waals surface area contributed by atoms with Gasteiger partial charge in [-0.05, 0) is 6.07 Å². The van der Waals surface area contributed by atoms with Crippen molar-refractivity contribution in [3.8, 4) is 11.5 Å². The van der Waals surface area contributed by atoms with Crippen LogP contribution in [0.2, 0.25) is 0 Å². The molecule has 0 spiro atoms. The first-order valence-electron chi connectivity index (χ1n) is 8.26. The van der Waals surface area contributed by atoms with Gasteiger partial charge < -0.3 is 19.3 Å². The van der Waals surface area contributed by atoms with Gasteiger partial charge in [0.15, 0.2) is 11.5 Å². The number of amides is 1. The number of hydrogen-bond acceptors (Lipinski definition) is 8. The van der Waals surface area contributed by atoms with Crippen molar-refractivity contribution in [2.75, 3.05) is 45.3 Å². The smallest absolute Gasteiger partial charge is 0.286 e. The SMILES string of the molecule is COc1cc(C(=O)N2CCN(c3ncccn3)CC2)c([N+](=O)[O-])cc1OC. The Kier molecular flexibility index (Phi) is 5.34. The Bertz CT molecular complexity index is 837. The summed E-state index contributed by atoms with van der Waals surface area (Å²) in [6, 6.07) is 4.30. The van der Waals surface area contributed by atoms with Crippen LogP contribution in [0.1, 0.15) is 10.4 Å². The average Bonchev–Trinajstić information content (AvgIpc) is 2.72. The molecule has 10 nitrogen and oxygen atoms in total. The van der Waals surface area contributed by atoms with E-state index in [2.05, 4.69) is 9.97 Å². The molecule has 2 aromatic rings. The van der Waals surface area contributed by atoms with E-state index in [9.17, 15) is 14.9 Å². The predicted octanol–water partition coefficient (Wildman–Crippen LogP) is 1.36. The van der Waals surface area contributed by atoms with Gasteiger partial charge in [-0.3, -0.25) is 14.9 Å². The lowest BCUT2D eigenvalue weighted by Crippen LogP contribution is -2.49. The summed E-state index contributed by atoms with van der Waals surface area (Å²) in [5, 5.41) is 11.4. The van der Waals surface area contributed by atoms with Crippen molar-refractivity contribution >= 4 is 17.5 Å². The summed E-state index contributed by atoms with van der Waals surface area (Å²) in [6.45, 7) is 1.89. The van der Waals surface area contributed by atoms with Crippen LogP contribution in [-0.4, -0.2) is 66.1 Å². The van der Waals surface area contributed by atoms with Crippen LogP contribution < -0.4 is 14.4 Å². The normalized spacial score (nSPS) is 14.0. The largest absolute Gasteiger partial charge is 0.493 e. The van der Waals surface area contributed by atoms with Crippen LogP contribution in [0, 0.1) is 10.1 Å². The summed E-state index contributed by atoms with van der Waals surface area (Å²) >= 11 is 0. The topological polar surface area (TPSA) is 111 Å². The molecule has 0 radical (unpaired) electrons. The minimum Gasteiger partial charge on any atom is -0.493 e. The van der Waals surface area contributed by atoms with Gasteiger partial charge in [0.1, 0.15) is 5.56 Å². The summed E-state index contributed by atoms with van der Waals surface area (Å²) < 4.78 is 10.3. The summed E-state index contributed by atoms with van der Waals surface area (Å²) in [4.78, 5) is 35.7. The number of nitrogens with zero attached hydrogens (tertiary/aromatic N) is 5. The molecule has 1 aliphatic heterocycles. The lowest BCUT2D eigenvalue weighted by molar-refractivity contribution is -0.385. The van der Waals surface area contributed by atoms with Crippen molar-refractivity contribution in [2.24, 2.45) is 0 Å². The summed E-state index contributed by atoms with van der Waals surface area (Å²) in [7, 11) is 2.80. The standard InChI is InChI=1S/C17H19N5O5/c1-26-14-10-12(13(22(24)25)11-15(14)27-2)16(23)20-6-8-21(9-7-20)17-18-4-3-5-19-17/h3-5,10-11H,6-9H2,1-2H3. The number of anilines is 1. The number of piperazine rings is 1. The molecule has 1 fully saturated rings. The predicted molar refractivity (Wildman–Crippen MR) is 96.3 cm³/mol. The monoisotopic (exact) mass is 373 g/mol. The average molecular weight is 373 g/mol. The van der Waals surface area contributed by atoms with Crippen molar-refractivity contribution in [3.63, 3.8) is 0 Å². The van der Waals surface area contributed by atoms with E-state index in [0.29, 0.717) is 32.1 Å². The fraction of sp³-hybridized carbons (Fsp3) is 0.353. The highest BCUT2D eigenvalue weighted by Gasteiger charge is 2.30. The summed E-state index contributed by atoms with van der Waals surface area (Å²) in [5.74, 6) is 0.646. The molecule has 1 aromatic heterocycles. The number of methoxy groups -OCH3 is 2. The van der Waals surface area contributed by atoms with E-state index in [1.54, 1.807) is 23.4 Å². The molecule has 27 heavy (non-hydrogen) atoms. The van der Waals surface area contributed by atoms with Crippen LogP contribution in [0.3, 0.4) is 0 Å². The fourth-order valence-corrected chi connectivity index (χ4v) is 2.93. The van der Waals surface area contributed by atoms with Crippen molar-refractivity contribution < 1.29 is 19.2 Å². The zero-order valence-electron chi connectivity index (χ0n) is 15.0. The van der Waals surface area contributed by atoms with Gasteiger partial charge in [0.2, 0.25) is 5.95 Å². The highest BCUT2D eigenvalue weighted by Crippen LogP contribution is 2.35. The number of rotatable bonds is 5. The number of carbonyl (C=O) groups excluding carboxylic acids is 1. The van der Waals surface area contributed by atoms with Crippen LogP contribution in [0.5, 0.6) is 11.5 Å². The molecule has 1 amide bonds. The van der Waals surface area contributed by atoms with Gasteiger partial charge in [-0.15, -0.1) is 0 Å². The maximum atomic E-state index is 12.9. The van der Waals surface area contributed by atoms with Crippen molar-refractivity contribution in [2.45, 2.75) is 0 Å². The molecule has 1 aliphatic rings. The van der Waals surface area contributed by atoms with Gasteiger partial charge >= 0.3 is 0 Å². The Hall–Kier alpha value is -3.43. The minimum atomic E-state index is -0.594. The van der Waals surface area contributed by atoms with E-state index < -0.39 is 10.8 Å².